The van der Waals surface area contributed by atoms with E-state index in [0.29, 0.717) is 26.2 Å². The lowest BCUT2D eigenvalue weighted by molar-refractivity contribution is -0.106. The molecule has 3 unspecified atom stereocenters. The van der Waals surface area contributed by atoms with E-state index in [9.17, 15) is 14.4 Å². The van der Waals surface area contributed by atoms with Gasteiger partial charge in [-0.2, -0.15) is 0 Å². The Hall–Kier alpha value is -1.67. The molecule has 0 radical (unpaired) electrons. The molecule has 1 aromatic rings. The lowest BCUT2D eigenvalue weighted by atomic mass is 9.79. The highest BCUT2D eigenvalue weighted by Crippen LogP contribution is 2.32. The maximum absolute atomic E-state index is 12.9. The molecule has 8 heteroatoms. The summed E-state index contributed by atoms with van der Waals surface area (Å²) in [4.78, 5) is 38.4. The van der Waals surface area contributed by atoms with Crippen LogP contribution in [0.1, 0.15) is 65.5 Å². The Morgan fingerprint density at radius 1 is 1.04 bits per heavy atom. The molecule has 0 aromatic carbocycles. The number of ether oxygens (including phenoxy) is 2. The smallest absolute Gasteiger partial charge is 0.338 e. The molecule has 1 aromatic heterocycles. The van der Waals surface area contributed by atoms with Crippen LogP contribution in [0, 0.1) is 5.41 Å². The van der Waals surface area contributed by atoms with Gasteiger partial charge in [0, 0.05) is 13.0 Å². The van der Waals surface area contributed by atoms with Crippen LogP contribution in [0.4, 0.5) is 0 Å². The summed E-state index contributed by atoms with van der Waals surface area (Å²) >= 11 is 0. The number of hydrogen-bond acceptors (Lipinski definition) is 5. The third-order valence-electron chi connectivity index (χ3n) is 5.96. The number of nitrogens with zero attached hydrogens (tertiary/aromatic N) is 3. The molecule has 3 heterocycles. The van der Waals surface area contributed by atoms with Crippen LogP contribution < -0.4 is 17.1 Å². The Balaban J connectivity index is 1.88. The van der Waals surface area contributed by atoms with Crippen LogP contribution in [-0.4, -0.2) is 33.0 Å². The van der Waals surface area contributed by atoms with Crippen molar-refractivity contribution in [2.75, 3.05) is 13.2 Å². The largest absolute Gasteiger partial charge is 0.371 e. The molecular weight excluding hydrogens is 350 g/mol. The number of epoxide rings is 1. The summed E-state index contributed by atoms with van der Waals surface area (Å²) in [6.07, 6.45) is 4.89. The average molecular weight is 381 g/mol. The highest BCUT2D eigenvalue weighted by atomic mass is 16.6. The van der Waals surface area contributed by atoms with Crippen molar-refractivity contribution in [2.24, 2.45) is 5.41 Å². The van der Waals surface area contributed by atoms with E-state index in [2.05, 4.69) is 20.8 Å². The fraction of sp³-hybridized carbons (Fsp3) is 0.842. The minimum atomic E-state index is -0.592. The van der Waals surface area contributed by atoms with Gasteiger partial charge in [0.05, 0.1) is 25.9 Å². The molecule has 0 saturated carbocycles. The van der Waals surface area contributed by atoms with Crippen LogP contribution in [0.2, 0.25) is 0 Å². The molecule has 152 valence electrons. The van der Waals surface area contributed by atoms with Gasteiger partial charge in [-0.15, -0.1) is 0 Å². The molecule has 0 spiro atoms. The Morgan fingerprint density at radius 3 is 2.22 bits per heavy atom. The number of rotatable bonds is 10. The van der Waals surface area contributed by atoms with Gasteiger partial charge < -0.3 is 9.47 Å². The van der Waals surface area contributed by atoms with Crippen molar-refractivity contribution in [3.8, 4) is 0 Å². The topological polar surface area (TPSA) is 87.8 Å². The molecule has 0 bridgehead atoms. The fourth-order valence-electron chi connectivity index (χ4n) is 3.80. The Morgan fingerprint density at radius 2 is 1.70 bits per heavy atom. The van der Waals surface area contributed by atoms with Crippen molar-refractivity contribution < 1.29 is 9.47 Å². The zero-order valence-corrected chi connectivity index (χ0v) is 16.6. The summed E-state index contributed by atoms with van der Waals surface area (Å²) in [5, 5.41) is 0. The highest BCUT2D eigenvalue weighted by molar-refractivity contribution is 4.85. The molecule has 8 nitrogen and oxygen atoms in total. The molecule has 2 aliphatic rings. The molecule has 3 atom stereocenters. The maximum atomic E-state index is 12.9. The minimum absolute atomic E-state index is 0.120. The third-order valence-corrected chi connectivity index (χ3v) is 5.96. The van der Waals surface area contributed by atoms with E-state index < -0.39 is 23.3 Å². The molecule has 3 rings (SSSR count). The monoisotopic (exact) mass is 381 g/mol. The quantitative estimate of drug-likeness (QED) is 0.573. The number of hydrogen-bond donors (Lipinski definition) is 0. The Bertz CT molecular complexity index is 831. The molecular formula is C19H31N3O5. The van der Waals surface area contributed by atoms with Gasteiger partial charge in [-0.1, -0.05) is 33.6 Å². The molecule has 2 saturated heterocycles. The molecule has 27 heavy (non-hydrogen) atoms. The van der Waals surface area contributed by atoms with E-state index in [1.54, 1.807) is 0 Å². The van der Waals surface area contributed by atoms with Crippen molar-refractivity contribution in [3.05, 3.63) is 31.5 Å². The van der Waals surface area contributed by atoms with Crippen LogP contribution in [0.25, 0.3) is 0 Å². The van der Waals surface area contributed by atoms with Gasteiger partial charge in [-0.05, 0) is 24.7 Å². The van der Waals surface area contributed by atoms with Gasteiger partial charge in [-0.3, -0.25) is 0 Å². The minimum Gasteiger partial charge on any atom is -0.371 e. The standard InChI is InChI=1S/C19H31N3O5/c1-4-8-19(3,5-2)9-6-10-20-16(23)21(12-14-13-27-14)18(25)22(17(20)24)15-7-11-26-15/h14-15H,4-13H2,1-3H3. The SMILES string of the molecule is CCCC(C)(CC)CCCn1c(=O)n(CC2CO2)c(=O)n(C2CCO2)c1=O. The van der Waals surface area contributed by atoms with Crippen LogP contribution in [-0.2, 0) is 22.6 Å². The normalized spacial score (nSPS) is 23.7. The molecule has 2 fully saturated rings. The number of aromatic nitrogens is 3. The zero-order valence-electron chi connectivity index (χ0n) is 16.6. The highest BCUT2D eigenvalue weighted by Gasteiger charge is 2.30. The zero-order chi connectivity index (χ0) is 19.6. The van der Waals surface area contributed by atoms with Crippen LogP contribution in [0.5, 0.6) is 0 Å². The van der Waals surface area contributed by atoms with Gasteiger partial charge in [0.1, 0.15) is 6.23 Å². The summed E-state index contributed by atoms with van der Waals surface area (Å²) in [5.41, 5.74) is -1.47. The first-order valence-corrected chi connectivity index (χ1v) is 10.1. The summed E-state index contributed by atoms with van der Waals surface area (Å²) in [6.45, 7) is 8.17. The second-order valence-electron chi connectivity index (χ2n) is 8.07. The van der Waals surface area contributed by atoms with Gasteiger partial charge >= 0.3 is 17.1 Å². The molecule has 0 aliphatic carbocycles. The van der Waals surface area contributed by atoms with E-state index in [1.807, 2.05) is 0 Å². The van der Waals surface area contributed by atoms with Crippen molar-refractivity contribution in [1.29, 1.82) is 0 Å². The fourth-order valence-corrected chi connectivity index (χ4v) is 3.80. The first-order chi connectivity index (χ1) is 12.9. The second kappa shape index (κ2) is 8.14. The maximum Gasteiger partial charge on any atom is 0.338 e. The first-order valence-electron chi connectivity index (χ1n) is 10.1. The van der Waals surface area contributed by atoms with Gasteiger partial charge in [-0.25, -0.2) is 28.1 Å². The lowest BCUT2D eigenvalue weighted by Crippen LogP contribution is -2.57. The molecule has 0 N–H and O–H groups in total. The van der Waals surface area contributed by atoms with Crippen LogP contribution in [0.15, 0.2) is 14.4 Å². The third kappa shape index (κ3) is 4.27. The van der Waals surface area contributed by atoms with E-state index in [1.165, 1.54) is 4.57 Å². The second-order valence-corrected chi connectivity index (χ2v) is 8.07. The Kier molecular flexibility index (Phi) is 6.05. The van der Waals surface area contributed by atoms with E-state index in [4.69, 9.17) is 9.47 Å². The van der Waals surface area contributed by atoms with E-state index in [-0.39, 0.29) is 18.1 Å². The van der Waals surface area contributed by atoms with E-state index >= 15 is 0 Å². The van der Waals surface area contributed by atoms with Crippen molar-refractivity contribution >= 4 is 0 Å². The lowest BCUT2D eigenvalue weighted by Gasteiger charge is -2.29. The predicted molar refractivity (Wildman–Crippen MR) is 101 cm³/mol. The van der Waals surface area contributed by atoms with Crippen molar-refractivity contribution in [3.63, 3.8) is 0 Å². The molecule has 0 amide bonds. The average Bonchev–Trinajstić information content (AvgIpc) is 3.41. The summed E-state index contributed by atoms with van der Waals surface area (Å²) in [5.74, 6) is 0. The summed E-state index contributed by atoms with van der Waals surface area (Å²) < 4.78 is 14.0. The summed E-state index contributed by atoms with van der Waals surface area (Å²) in [6, 6.07) is 0. The summed E-state index contributed by atoms with van der Waals surface area (Å²) in [7, 11) is 0. The molecule has 2 aliphatic heterocycles. The van der Waals surface area contributed by atoms with Crippen LogP contribution >= 0.6 is 0 Å². The van der Waals surface area contributed by atoms with Gasteiger partial charge in [0.25, 0.3) is 0 Å². The van der Waals surface area contributed by atoms with Crippen LogP contribution in [0.3, 0.4) is 0 Å². The first kappa shape index (κ1) is 20.1. The predicted octanol–water partition coefficient (Wildman–Crippen LogP) is 1.49. The van der Waals surface area contributed by atoms with Gasteiger partial charge in [0.15, 0.2) is 0 Å². The van der Waals surface area contributed by atoms with Crippen molar-refractivity contribution in [2.45, 2.75) is 84.7 Å². The Labute approximate surface area is 158 Å². The van der Waals surface area contributed by atoms with Crippen molar-refractivity contribution in [1.82, 2.24) is 13.7 Å². The van der Waals surface area contributed by atoms with E-state index in [0.717, 1.165) is 41.2 Å². The van der Waals surface area contributed by atoms with Gasteiger partial charge in [0.2, 0.25) is 0 Å².